The Labute approximate surface area is 122 Å². The van der Waals surface area contributed by atoms with E-state index in [9.17, 15) is 9.59 Å². The monoisotopic (exact) mass is 293 g/mol. The third-order valence-electron chi connectivity index (χ3n) is 3.29. The minimum Gasteiger partial charge on any atom is -0.478 e. The lowest BCUT2D eigenvalue weighted by molar-refractivity contribution is 0.0374. The number of aromatic nitrogens is 1. The molecule has 7 nitrogen and oxygen atoms in total. The van der Waals surface area contributed by atoms with Gasteiger partial charge in [0.05, 0.1) is 18.8 Å². The van der Waals surface area contributed by atoms with Gasteiger partial charge in [-0.25, -0.2) is 4.79 Å². The molecule has 2 N–H and O–H groups in total. The van der Waals surface area contributed by atoms with Crippen molar-refractivity contribution >= 4 is 11.9 Å². The Morgan fingerprint density at radius 3 is 2.86 bits per heavy atom. The molecule has 0 saturated carbocycles. The number of aromatic carboxylic acids is 1. The molecule has 1 aliphatic heterocycles. The largest absolute Gasteiger partial charge is 0.478 e. The van der Waals surface area contributed by atoms with Crippen LogP contribution >= 0.6 is 0 Å². The minimum atomic E-state index is -1.15. The maximum absolute atomic E-state index is 12.0. The number of pyridine rings is 1. The zero-order valence-corrected chi connectivity index (χ0v) is 11.7. The number of rotatable bonds is 6. The summed E-state index contributed by atoms with van der Waals surface area (Å²) in [6, 6.07) is 2.87. The summed E-state index contributed by atoms with van der Waals surface area (Å²) >= 11 is 0. The molecule has 2 rings (SSSR count). The van der Waals surface area contributed by atoms with Gasteiger partial charge in [-0.05, 0) is 25.1 Å². The number of carboxylic acids is 1. The summed E-state index contributed by atoms with van der Waals surface area (Å²) in [7, 11) is 0. The smallest absolute Gasteiger partial charge is 0.338 e. The van der Waals surface area contributed by atoms with Gasteiger partial charge < -0.3 is 15.2 Å². The van der Waals surface area contributed by atoms with Gasteiger partial charge in [-0.2, -0.15) is 0 Å². The van der Waals surface area contributed by atoms with Crippen LogP contribution in [0.25, 0.3) is 0 Å². The topological polar surface area (TPSA) is 91.8 Å². The molecule has 0 spiro atoms. The Morgan fingerprint density at radius 1 is 1.38 bits per heavy atom. The van der Waals surface area contributed by atoms with Crippen LogP contribution in [0.5, 0.6) is 0 Å². The van der Waals surface area contributed by atoms with E-state index >= 15 is 0 Å². The highest BCUT2D eigenvalue weighted by molar-refractivity contribution is 6.03. The van der Waals surface area contributed by atoms with Gasteiger partial charge in [-0.1, -0.05) is 0 Å². The van der Waals surface area contributed by atoms with Gasteiger partial charge in [-0.15, -0.1) is 0 Å². The van der Waals surface area contributed by atoms with Crippen molar-refractivity contribution in [2.45, 2.75) is 6.42 Å². The highest BCUT2D eigenvalue weighted by Gasteiger charge is 2.17. The average molecular weight is 293 g/mol. The Kier molecular flexibility index (Phi) is 5.65. The number of hydrogen-bond donors (Lipinski definition) is 2. The Bertz CT molecular complexity index is 501. The third-order valence-corrected chi connectivity index (χ3v) is 3.29. The van der Waals surface area contributed by atoms with Crippen LogP contribution in [0.1, 0.15) is 27.3 Å². The van der Waals surface area contributed by atoms with Crippen LogP contribution in [0.2, 0.25) is 0 Å². The molecule has 0 aromatic carbocycles. The number of carboxylic acid groups (broad SMARTS) is 1. The molecule has 2 heterocycles. The van der Waals surface area contributed by atoms with Crippen molar-refractivity contribution in [1.29, 1.82) is 0 Å². The summed E-state index contributed by atoms with van der Waals surface area (Å²) in [5.74, 6) is -1.60. The lowest BCUT2D eigenvalue weighted by Gasteiger charge is -2.26. The summed E-state index contributed by atoms with van der Waals surface area (Å²) in [4.78, 5) is 29.1. The molecule has 1 aliphatic rings. The third kappa shape index (κ3) is 4.51. The van der Waals surface area contributed by atoms with Crippen molar-refractivity contribution in [3.8, 4) is 0 Å². The second-order valence-electron chi connectivity index (χ2n) is 4.77. The second-order valence-corrected chi connectivity index (χ2v) is 4.77. The second kappa shape index (κ2) is 7.70. The maximum Gasteiger partial charge on any atom is 0.338 e. The van der Waals surface area contributed by atoms with E-state index in [1.54, 1.807) is 0 Å². The van der Waals surface area contributed by atoms with Crippen LogP contribution < -0.4 is 5.32 Å². The molecule has 1 saturated heterocycles. The number of morpholine rings is 1. The predicted octanol–water partition coefficient (Wildman–Crippen LogP) is 0.232. The van der Waals surface area contributed by atoms with Crippen LogP contribution in [-0.4, -0.2) is 66.3 Å². The van der Waals surface area contributed by atoms with Crippen molar-refractivity contribution in [2.24, 2.45) is 0 Å². The number of carbonyl (C=O) groups excluding carboxylic acids is 1. The summed E-state index contributed by atoms with van der Waals surface area (Å²) in [6.45, 7) is 4.71. The van der Waals surface area contributed by atoms with E-state index in [1.807, 2.05) is 0 Å². The van der Waals surface area contributed by atoms with Crippen molar-refractivity contribution in [3.63, 3.8) is 0 Å². The van der Waals surface area contributed by atoms with Gasteiger partial charge in [0.1, 0.15) is 5.69 Å². The van der Waals surface area contributed by atoms with Crippen LogP contribution in [-0.2, 0) is 4.74 Å². The molecule has 1 amide bonds. The molecule has 0 aliphatic carbocycles. The number of nitrogens with zero attached hydrogens (tertiary/aromatic N) is 2. The van der Waals surface area contributed by atoms with Gasteiger partial charge in [0.2, 0.25) is 0 Å². The van der Waals surface area contributed by atoms with Crippen molar-refractivity contribution < 1.29 is 19.4 Å². The Morgan fingerprint density at radius 2 is 2.14 bits per heavy atom. The lowest BCUT2D eigenvalue weighted by atomic mass is 10.2. The van der Waals surface area contributed by atoms with Gasteiger partial charge in [-0.3, -0.25) is 14.7 Å². The molecule has 1 fully saturated rings. The molecule has 21 heavy (non-hydrogen) atoms. The molecule has 7 heteroatoms. The standard InChI is InChI=1S/C14H19N3O4/c18-13(12-11(14(19)20)3-1-4-15-12)16-5-2-6-17-7-9-21-10-8-17/h1,3-4H,2,5-10H2,(H,16,18)(H,19,20). The van der Waals surface area contributed by atoms with Crippen molar-refractivity contribution in [3.05, 3.63) is 29.6 Å². The Hall–Kier alpha value is -1.99. The number of nitrogens with one attached hydrogen (secondary N) is 1. The van der Waals surface area contributed by atoms with Crippen LogP contribution in [0, 0.1) is 0 Å². The fourth-order valence-electron chi connectivity index (χ4n) is 2.17. The van der Waals surface area contributed by atoms with E-state index in [-0.39, 0.29) is 11.3 Å². The molecule has 0 bridgehead atoms. The van der Waals surface area contributed by atoms with Crippen LogP contribution in [0.4, 0.5) is 0 Å². The number of carbonyl (C=O) groups is 2. The summed E-state index contributed by atoms with van der Waals surface area (Å²) in [6.07, 6.45) is 2.22. The van der Waals surface area contributed by atoms with E-state index in [0.717, 1.165) is 39.3 Å². The van der Waals surface area contributed by atoms with Gasteiger partial charge >= 0.3 is 5.97 Å². The first kappa shape index (κ1) is 15.4. The molecule has 1 aromatic heterocycles. The first-order valence-corrected chi connectivity index (χ1v) is 6.95. The number of ether oxygens (including phenoxy) is 1. The maximum atomic E-state index is 12.0. The lowest BCUT2D eigenvalue weighted by Crippen LogP contribution is -2.38. The van der Waals surface area contributed by atoms with Gasteiger partial charge in [0, 0.05) is 25.8 Å². The predicted molar refractivity (Wildman–Crippen MR) is 75.4 cm³/mol. The fraction of sp³-hybridized carbons (Fsp3) is 0.500. The minimum absolute atomic E-state index is 0.0450. The highest BCUT2D eigenvalue weighted by atomic mass is 16.5. The molecule has 0 unspecified atom stereocenters. The fourth-order valence-corrected chi connectivity index (χ4v) is 2.17. The quantitative estimate of drug-likeness (QED) is 0.730. The summed E-state index contributed by atoms with van der Waals surface area (Å²) in [5, 5.41) is 11.7. The average Bonchev–Trinajstić information content (AvgIpc) is 2.52. The molecule has 114 valence electrons. The molecule has 0 atom stereocenters. The van der Waals surface area contributed by atoms with Crippen molar-refractivity contribution in [1.82, 2.24) is 15.2 Å². The van der Waals surface area contributed by atoms with E-state index < -0.39 is 11.9 Å². The molecule has 0 radical (unpaired) electrons. The van der Waals surface area contributed by atoms with E-state index in [1.165, 1.54) is 18.3 Å². The first-order valence-electron chi connectivity index (χ1n) is 6.95. The molecular formula is C14H19N3O4. The Balaban J connectivity index is 1.78. The van der Waals surface area contributed by atoms with Crippen LogP contribution in [0.3, 0.4) is 0 Å². The first-order chi connectivity index (χ1) is 10.2. The zero-order chi connectivity index (χ0) is 15.1. The number of hydrogen-bond acceptors (Lipinski definition) is 5. The molecule has 1 aromatic rings. The van der Waals surface area contributed by atoms with E-state index in [2.05, 4.69) is 15.2 Å². The van der Waals surface area contributed by atoms with Gasteiger partial charge in [0.15, 0.2) is 0 Å². The summed E-state index contributed by atoms with van der Waals surface area (Å²) < 4.78 is 5.26. The molecular weight excluding hydrogens is 274 g/mol. The van der Waals surface area contributed by atoms with E-state index in [0.29, 0.717) is 6.54 Å². The van der Waals surface area contributed by atoms with Gasteiger partial charge in [0.25, 0.3) is 5.91 Å². The highest BCUT2D eigenvalue weighted by Crippen LogP contribution is 2.05. The normalized spacial score (nSPS) is 15.6. The van der Waals surface area contributed by atoms with E-state index in [4.69, 9.17) is 9.84 Å². The number of amides is 1. The van der Waals surface area contributed by atoms with Crippen molar-refractivity contribution in [2.75, 3.05) is 39.4 Å². The SMILES string of the molecule is O=C(O)c1cccnc1C(=O)NCCCN1CCOCC1. The summed E-state index contributed by atoms with van der Waals surface area (Å²) in [5.41, 5.74) is -0.125. The zero-order valence-electron chi connectivity index (χ0n) is 11.7. The van der Waals surface area contributed by atoms with Crippen LogP contribution in [0.15, 0.2) is 18.3 Å².